The highest BCUT2D eigenvalue weighted by Gasteiger charge is 2.38. The number of halogens is 2. The predicted molar refractivity (Wildman–Crippen MR) is 165 cm³/mol. The van der Waals surface area contributed by atoms with E-state index in [0.29, 0.717) is 43.7 Å². The minimum absolute atomic E-state index is 0.281. The maximum absolute atomic E-state index is 12.3. The number of carbonyl (C=O) groups is 4. The number of aromatic amines is 2. The fourth-order valence-corrected chi connectivity index (χ4v) is 8.03. The van der Waals surface area contributed by atoms with Crippen LogP contribution in [0.2, 0.25) is 10.2 Å². The van der Waals surface area contributed by atoms with E-state index in [4.69, 9.17) is 23.2 Å². The van der Waals surface area contributed by atoms with Gasteiger partial charge in [-0.1, -0.05) is 23.2 Å². The molecule has 4 aliphatic rings. The molecule has 4 N–H and O–H groups in total. The van der Waals surface area contributed by atoms with Crippen LogP contribution in [0.25, 0.3) is 43.9 Å². The zero-order valence-electron chi connectivity index (χ0n) is 22.8. The van der Waals surface area contributed by atoms with Crippen LogP contribution < -0.4 is 10.6 Å². The number of H-pyrrole nitrogens is 2. The Morgan fingerprint density at radius 1 is 0.591 bits per heavy atom. The van der Waals surface area contributed by atoms with Crippen molar-refractivity contribution in [2.75, 3.05) is 0 Å². The minimum Gasteiger partial charge on any atom is -0.339 e. The topological polar surface area (TPSA) is 150 Å². The highest BCUT2D eigenvalue weighted by Crippen LogP contribution is 2.43. The third-order valence-electron chi connectivity index (χ3n) is 9.27. The number of nitrogens with zero attached hydrogens (tertiary/aromatic N) is 2. The van der Waals surface area contributed by atoms with Gasteiger partial charge in [0.25, 0.3) is 23.6 Å². The van der Waals surface area contributed by atoms with Crippen LogP contribution in [0.4, 0.5) is 0 Å². The first kappa shape index (κ1) is 25.7. The molecule has 6 heterocycles. The molecule has 0 fully saturated rings. The van der Waals surface area contributed by atoms with Gasteiger partial charge in [-0.05, 0) is 79.0 Å². The zero-order valence-corrected chi connectivity index (χ0v) is 24.3. The van der Waals surface area contributed by atoms with Crippen molar-refractivity contribution >= 4 is 90.7 Å². The normalized spacial score (nSPS) is 16.4. The molecule has 44 heavy (non-hydrogen) atoms. The van der Waals surface area contributed by atoms with Gasteiger partial charge in [-0.3, -0.25) is 29.8 Å². The lowest BCUT2D eigenvalue weighted by atomic mass is 9.94. The molecule has 2 aliphatic carbocycles. The lowest BCUT2D eigenvalue weighted by Crippen LogP contribution is -2.20. The first-order valence-electron chi connectivity index (χ1n) is 14.3. The van der Waals surface area contributed by atoms with Gasteiger partial charge in [0.15, 0.2) is 0 Å². The number of benzene rings is 2. The van der Waals surface area contributed by atoms with E-state index in [2.05, 4.69) is 30.6 Å². The fraction of sp³-hybridized carbons (Fsp3) is 0.188. The summed E-state index contributed by atoms with van der Waals surface area (Å²) in [6.07, 6.45) is 7.06. The van der Waals surface area contributed by atoms with Gasteiger partial charge in [0.05, 0.1) is 38.3 Å². The van der Waals surface area contributed by atoms with E-state index in [-0.39, 0.29) is 23.6 Å². The number of hydrogen-bond acceptors (Lipinski definition) is 6. The number of imide groups is 2. The summed E-state index contributed by atoms with van der Waals surface area (Å²) in [6, 6.07) is 5.25. The van der Waals surface area contributed by atoms with Crippen molar-refractivity contribution in [3.8, 4) is 0 Å². The smallest absolute Gasteiger partial charge is 0.259 e. The second-order valence-electron chi connectivity index (χ2n) is 11.5. The first-order chi connectivity index (χ1) is 21.3. The van der Waals surface area contributed by atoms with E-state index in [1.807, 2.05) is 6.07 Å². The molecule has 6 aromatic rings. The molecule has 0 unspecified atom stereocenters. The Morgan fingerprint density at radius 2 is 1.14 bits per heavy atom. The molecule has 2 aliphatic heterocycles. The van der Waals surface area contributed by atoms with Crippen LogP contribution in [-0.4, -0.2) is 43.6 Å². The monoisotopic (exact) mass is 622 g/mol. The van der Waals surface area contributed by atoms with Crippen LogP contribution in [0.3, 0.4) is 0 Å². The van der Waals surface area contributed by atoms with E-state index in [0.717, 1.165) is 93.4 Å². The number of amides is 4. The van der Waals surface area contributed by atoms with Crippen molar-refractivity contribution in [2.45, 2.75) is 38.5 Å². The van der Waals surface area contributed by atoms with Crippen LogP contribution in [0.1, 0.15) is 76.5 Å². The summed E-state index contributed by atoms with van der Waals surface area (Å²) in [5.41, 5.74) is 9.38. The molecule has 0 saturated carbocycles. The number of rotatable bonds is 0. The van der Waals surface area contributed by atoms with E-state index in [1.165, 1.54) is 0 Å². The Hall–Kier alpha value is -4.80. The molecule has 0 atom stereocenters. The predicted octanol–water partition coefficient (Wildman–Crippen LogP) is 5.48. The highest BCUT2D eigenvalue weighted by molar-refractivity contribution is 6.40. The van der Waals surface area contributed by atoms with Crippen LogP contribution in [-0.2, 0) is 25.7 Å². The molecule has 4 amide bonds. The van der Waals surface area contributed by atoms with Crippen molar-refractivity contribution in [2.24, 2.45) is 0 Å². The first-order valence-corrected chi connectivity index (χ1v) is 15.1. The van der Waals surface area contributed by atoms with Gasteiger partial charge >= 0.3 is 0 Å². The van der Waals surface area contributed by atoms with Gasteiger partial charge in [-0.25, -0.2) is 9.97 Å². The van der Waals surface area contributed by atoms with Crippen LogP contribution >= 0.6 is 23.2 Å². The van der Waals surface area contributed by atoms with Crippen molar-refractivity contribution in [3.05, 3.63) is 79.1 Å². The maximum Gasteiger partial charge on any atom is 0.259 e. The molecule has 0 radical (unpaired) electrons. The Balaban J connectivity index is 0.000000123. The number of aryl methyl sites for hydroxylation is 2. The van der Waals surface area contributed by atoms with E-state index >= 15 is 0 Å². The highest BCUT2D eigenvalue weighted by atomic mass is 35.5. The third kappa shape index (κ3) is 3.26. The fourth-order valence-electron chi connectivity index (χ4n) is 7.64. The second-order valence-corrected chi connectivity index (χ2v) is 12.3. The van der Waals surface area contributed by atoms with Crippen LogP contribution in [0, 0.1) is 0 Å². The molecular formula is C32H20Cl2N6O4. The summed E-state index contributed by atoms with van der Waals surface area (Å²) < 4.78 is 0. The van der Waals surface area contributed by atoms with Gasteiger partial charge < -0.3 is 9.97 Å². The molecule has 10 nitrogen and oxygen atoms in total. The number of aromatic nitrogens is 4. The lowest BCUT2D eigenvalue weighted by Gasteiger charge is -2.07. The molecular weight excluding hydrogens is 603 g/mol. The number of nitrogens with one attached hydrogen (secondary N) is 4. The summed E-state index contributed by atoms with van der Waals surface area (Å²) in [7, 11) is 0. The van der Waals surface area contributed by atoms with Crippen LogP contribution in [0.15, 0.2) is 24.4 Å². The molecule has 0 spiro atoms. The summed E-state index contributed by atoms with van der Waals surface area (Å²) in [6.45, 7) is 0. The quantitative estimate of drug-likeness (QED) is 0.130. The summed E-state index contributed by atoms with van der Waals surface area (Å²) in [4.78, 5) is 64.3. The largest absolute Gasteiger partial charge is 0.339 e. The second kappa shape index (κ2) is 8.87. The molecule has 2 aromatic carbocycles. The van der Waals surface area contributed by atoms with Crippen LogP contribution in [0.5, 0.6) is 0 Å². The SMILES string of the molecule is O=C1NC(=O)c2c1c1c(c3[nH]c4nc(Cl)ccc4c23)CCC1.O=C1NC(=O)c2c1c1c(c3[nH]c4nccc(Cl)c4c23)CCC1. The van der Waals surface area contributed by atoms with Gasteiger partial charge in [0.2, 0.25) is 0 Å². The minimum atomic E-state index is -0.347. The number of hydrogen-bond donors (Lipinski definition) is 4. The van der Waals surface area contributed by atoms with Crippen molar-refractivity contribution in [3.63, 3.8) is 0 Å². The van der Waals surface area contributed by atoms with E-state index in [1.54, 1.807) is 18.3 Å². The molecule has 12 heteroatoms. The van der Waals surface area contributed by atoms with Gasteiger partial charge in [0, 0.05) is 27.7 Å². The maximum atomic E-state index is 12.3. The Kier molecular flexibility index (Phi) is 5.18. The average Bonchev–Trinajstić information content (AvgIpc) is 3.81. The van der Waals surface area contributed by atoms with E-state index in [9.17, 15) is 19.2 Å². The van der Waals surface area contributed by atoms with Gasteiger partial charge in [0.1, 0.15) is 16.4 Å². The summed E-state index contributed by atoms with van der Waals surface area (Å²) in [5, 5.41) is 8.85. The van der Waals surface area contributed by atoms with E-state index < -0.39 is 0 Å². The van der Waals surface area contributed by atoms with Crippen molar-refractivity contribution in [1.82, 2.24) is 30.6 Å². The Morgan fingerprint density at radius 3 is 1.80 bits per heavy atom. The molecule has 216 valence electrons. The van der Waals surface area contributed by atoms with Crippen molar-refractivity contribution in [1.29, 1.82) is 0 Å². The Bertz CT molecular complexity index is 2410. The molecule has 0 bridgehead atoms. The number of carbonyl (C=O) groups excluding carboxylic acids is 4. The Labute approximate surface area is 257 Å². The zero-order chi connectivity index (χ0) is 30.0. The lowest BCUT2D eigenvalue weighted by molar-refractivity contribution is 0.0863. The summed E-state index contributed by atoms with van der Waals surface area (Å²) >= 11 is 12.3. The van der Waals surface area contributed by atoms with Gasteiger partial charge in [-0.2, -0.15) is 0 Å². The summed E-state index contributed by atoms with van der Waals surface area (Å²) in [5.74, 6) is -1.25. The molecule has 4 aromatic heterocycles. The number of pyridine rings is 2. The standard InChI is InChI=1S/2C16H10ClN3O2/c17-8-4-5-18-14-10(8)11-12-9(15(21)20-16(12)22)6-2-1-3-7(6)13(11)19-14;17-9-5-4-8-10-12-11(15(21)20-16(12)22)6-2-1-3-7(6)13(10)19-14(8)18-9/h2*4-5H,1-3H2,(H,18,19)(H,20,21,22). The van der Waals surface area contributed by atoms with Gasteiger partial charge in [-0.15, -0.1) is 0 Å². The van der Waals surface area contributed by atoms with Crippen molar-refractivity contribution < 1.29 is 19.2 Å². The number of fused-ring (bicyclic) bond motifs is 16. The molecule has 10 rings (SSSR count). The average molecular weight is 623 g/mol. The third-order valence-corrected chi connectivity index (χ3v) is 9.80. The molecule has 0 saturated heterocycles.